The van der Waals surface area contributed by atoms with Crippen LogP contribution >= 0.6 is 0 Å². The van der Waals surface area contributed by atoms with Crippen molar-refractivity contribution in [2.75, 3.05) is 0 Å². The zero-order chi connectivity index (χ0) is 40.8. The van der Waals surface area contributed by atoms with Crippen LogP contribution in [0.25, 0.3) is 100 Å². The zero-order valence-corrected chi connectivity index (χ0v) is 33.6. The molecule has 13 rings (SSSR count). The molecule has 2 heterocycles. The van der Waals surface area contributed by atoms with Crippen molar-refractivity contribution in [3.05, 3.63) is 241 Å². The Hall–Kier alpha value is -8.14. The van der Waals surface area contributed by atoms with Gasteiger partial charge in [0.05, 0.1) is 16.8 Å². The molecule has 2 aliphatic carbocycles. The summed E-state index contributed by atoms with van der Waals surface area (Å²) in [5.74, 6) is 0.665. The van der Waals surface area contributed by atoms with E-state index in [-0.39, 0.29) is 0 Å². The molecule has 0 saturated carbocycles. The maximum absolute atomic E-state index is 6.40. The smallest absolute Gasteiger partial charge is 0.160 e. The molecular formula is C59H36N2O. The van der Waals surface area contributed by atoms with Crippen LogP contribution in [0.15, 0.2) is 223 Å². The molecule has 0 unspecified atom stereocenters. The van der Waals surface area contributed by atoms with Crippen LogP contribution in [0.4, 0.5) is 0 Å². The van der Waals surface area contributed by atoms with Gasteiger partial charge in [0.15, 0.2) is 5.82 Å². The summed E-state index contributed by atoms with van der Waals surface area (Å²) >= 11 is 0. The fourth-order valence-corrected chi connectivity index (χ4v) is 10.5. The standard InChI is InChI=1S/C59H36N2O/c1-2-16-37(17-3-1)38-18-14-19-40(34-38)58-60-53(36-54(61-58)46-26-15-31-56-57(46)47-25-9-13-30-55(47)62-56)39-32-33-52-48(35-39)42-21-5-4-20-41(42)43-22-6-10-27-49(43)59(52)50-28-11-7-23-44(50)45-24-8-12-29-51(45)59/h1-36H. The van der Waals surface area contributed by atoms with Gasteiger partial charge in [0.25, 0.3) is 0 Å². The molecule has 0 saturated heterocycles. The Morgan fingerprint density at radius 1 is 0.306 bits per heavy atom. The maximum atomic E-state index is 6.40. The number of rotatable bonds is 4. The fraction of sp³-hybridized carbons (Fsp3) is 0.0169. The van der Waals surface area contributed by atoms with Crippen LogP contribution < -0.4 is 0 Å². The highest BCUT2D eigenvalue weighted by atomic mass is 16.3. The number of nitrogens with zero attached hydrogens (tertiary/aromatic N) is 2. The second kappa shape index (κ2) is 13.4. The van der Waals surface area contributed by atoms with Crippen LogP contribution in [0.1, 0.15) is 22.3 Å². The minimum atomic E-state index is -0.547. The lowest BCUT2D eigenvalue weighted by Gasteiger charge is -2.35. The van der Waals surface area contributed by atoms with Crippen LogP contribution in [-0.2, 0) is 5.41 Å². The maximum Gasteiger partial charge on any atom is 0.160 e. The molecule has 0 N–H and O–H groups in total. The number of hydrogen-bond acceptors (Lipinski definition) is 3. The highest BCUT2D eigenvalue weighted by Crippen LogP contribution is 2.61. The van der Waals surface area contributed by atoms with Gasteiger partial charge in [-0.25, -0.2) is 9.97 Å². The van der Waals surface area contributed by atoms with E-state index in [9.17, 15) is 0 Å². The first-order valence-electron chi connectivity index (χ1n) is 21.2. The summed E-state index contributed by atoms with van der Waals surface area (Å²) in [5.41, 5.74) is 20.7. The van der Waals surface area contributed by atoms with Gasteiger partial charge in [-0.05, 0) is 97.1 Å². The molecule has 0 amide bonds. The highest BCUT2D eigenvalue weighted by molar-refractivity contribution is 6.12. The Morgan fingerprint density at radius 3 is 1.56 bits per heavy atom. The van der Waals surface area contributed by atoms with Gasteiger partial charge in [0, 0.05) is 27.5 Å². The summed E-state index contributed by atoms with van der Waals surface area (Å²) in [6.07, 6.45) is 0. The minimum Gasteiger partial charge on any atom is -0.456 e. The molecule has 0 radical (unpaired) electrons. The van der Waals surface area contributed by atoms with Crippen LogP contribution in [0, 0.1) is 0 Å². The Labute approximate surface area is 359 Å². The van der Waals surface area contributed by atoms with E-state index >= 15 is 0 Å². The zero-order valence-electron chi connectivity index (χ0n) is 33.6. The summed E-state index contributed by atoms with van der Waals surface area (Å²) in [5, 5.41) is 2.11. The second-order valence-corrected chi connectivity index (χ2v) is 16.4. The van der Waals surface area contributed by atoms with Crippen LogP contribution in [0.2, 0.25) is 0 Å². The van der Waals surface area contributed by atoms with Crippen molar-refractivity contribution in [1.82, 2.24) is 9.97 Å². The molecule has 0 fully saturated rings. The molecule has 0 bridgehead atoms. The third kappa shape index (κ3) is 5.00. The molecule has 3 nitrogen and oxygen atoms in total. The van der Waals surface area contributed by atoms with Gasteiger partial charge in [-0.2, -0.15) is 0 Å². The quantitative estimate of drug-likeness (QED) is 0.178. The van der Waals surface area contributed by atoms with Gasteiger partial charge >= 0.3 is 0 Å². The molecule has 0 aliphatic heterocycles. The lowest BCUT2D eigenvalue weighted by Crippen LogP contribution is -2.29. The molecule has 0 atom stereocenters. The van der Waals surface area contributed by atoms with Crippen molar-refractivity contribution in [3.8, 4) is 78.4 Å². The van der Waals surface area contributed by atoms with E-state index in [4.69, 9.17) is 14.4 Å². The van der Waals surface area contributed by atoms with E-state index in [1.807, 2.05) is 18.2 Å². The van der Waals surface area contributed by atoms with Gasteiger partial charge in [-0.1, -0.05) is 188 Å². The van der Waals surface area contributed by atoms with Crippen LogP contribution in [0.5, 0.6) is 0 Å². The van der Waals surface area contributed by atoms with E-state index in [2.05, 4.69) is 200 Å². The first-order chi connectivity index (χ1) is 30.7. The first-order valence-corrected chi connectivity index (χ1v) is 21.2. The second-order valence-electron chi connectivity index (χ2n) is 16.4. The monoisotopic (exact) mass is 788 g/mol. The largest absolute Gasteiger partial charge is 0.456 e. The molecule has 1 spiro atoms. The molecule has 288 valence electrons. The van der Waals surface area contributed by atoms with Crippen molar-refractivity contribution in [2.45, 2.75) is 5.41 Å². The van der Waals surface area contributed by atoms with Gasteiger partial charge in [-0.3, -0.25) is 0 Å². The molecule has 2 aliphatic rings. The highest BCUT2D eigenvalue weighted by Gasteiger charge is 2.49. The summed E-state index contributed by atoms with van der Waals surface area (Å²) < 4.78 is 6.40. The molecule has 2 aromatic heterocycles. The molecule has 9 aromatic carbocycles. The van der Waals surface area contributed by atoms with E-state index in [1.165, 1.54) is 55.6 Å². The van der Waals surface area contributed by atoms with Crippen LogP contribution in [0.3, 0.4) is 0 Å². The summed E-state index contributed by atoms with van der Waals surface area (Å²) in [6.45, 7) is 0. The predicted octanol–water partition coefficient (Wildman–Crippen LogP) is 15.1. The van der Waals surface area contributed by atoms with Crippen LogP contribution in [-0.4, -0.2) is 9.97 Å². The topological polar surface area (TPSA) is 38.9 Å². The Bertz CT molecular complexity index is 3550. The number of fused-ring (bicyclic) bond motifs is 15. The van der Waals surface area contributed by atoms with E-state index in [1.54, 1.807) is 0 Å². The molecule has 3 heteroatoms. The van der Waals surface area contributed by atoms with Crippen molar-refractivity contribution in [1.29, 1.82) is 0 Å². The van der Waals surface area contributed by atoms with Gasteiger partial charge in [-0.15, -0.1) is 0 Å². The Morgan fingerprint density at radius 2 is 0.823 bits per heavy atom. The average Bonchev–Trinajstić information content (AvgIpc) is 3.85. The summed E-state index contributed by atoms with van der Waals surface area (Å²) in [6, 6.07) is 78.7. The van der Waals surface area contributed by atoms with Gasteiger partial charge in [0.2, 0.25) is 0 Å². The molecule has 62 heavy (non-hydrogen) atoms. The third-order valence-corrected chi connectivity index (χ3v) is 13.1. The van der Waals surface area contributed by atoms with Crippen molar-refractivity contribution < 1.29 is 4.42 Å². The lowest BCUT2D eigenvalue weighted by molar-refractivity contribution is 0.669. The Kier molecular flexibility index (Phi) is 7.52. The third-order valence-electron chi connectivity index (χ3n) is 13.1. The predicted molar refractivity (Wildman–Crippen MR) is 253 cm³/mol. The van der Waals surface area contributed by atoms with Gasteiger partial charge in [0.1, 0.15) is 11.2 Å². The first kappa shape index (κ1) is 34.7. The Balaban J connectivity index is 1.09. The SMILES string of the molecule is c1ccc(-c2cccc(-c3nc(-c4ccc5c(c4)-c4ccccc4-c4ccccc4C54c5ccccc5-c5ccccc54)cc(-c4cccc5oc6ccccc6c45)n3)c2)cc1. The van der Waals surface area contributed by atoms with Crippen molar-refractivity contribution >= 4 is 21.9 Å². The van der Waals surface area contributed by atoms with Crippen molar-refractivity contribution in [2.24, 2.45) is 0 Å². The number of furan rings is 1. The summed E-state index contributed by atoms with van der Waals surface area (Å²) in [7, 11) is 0. The lowest BCUT2D eigenvalue weighted by atomic mass is 9.66. The average molecular weight is 789 g/mol. The van der Waals surface area contributed by atoms with E-state index in [0.29, 0.717) is 5.82 Å². The number of aromatic nitrogens is 2. The molecular weight excluding hydrogens is 753 g/mol. The number of benzene rings is 9. The van der Waals surface area contributed by atoms with E-state index < -0.39 is 5.41 Å². The van der Waals surface area contributed by atoms with Gasteiger partial charge < -0.3 is 4.42 Å². The number of para-hydroxylation sites is 1. The number of hydrogen-bond donors (Lipinski definition) is 0. The normalized spacial score (nSPS) is 13.0. The minimum absolute atomic E-state index is 0.547. The summed E-state index contributed by atoms with van der Waals surface area (Å²) in [4.78, 5) is 10.8. The fourth-order valence-electron chi connectivity index (χ4n) is 10.5. The van der Waals surface area contributed by atoms with Crippen molar-refractivity contribution in [3.63, 3.8) is 0 Å². The molecule has 11 aromatic rings. The van der Waals surface area contributed by atoms with E-state index in [0.717, 1.165) is 61.1 Å².